The quantitative estimate of drug-likeness (QED) is 0.0329. The van der Waals surface area contributed by atoms with E-state index in [0.29, 0.717) is 92.7 Å². The van der Waals surface area contributed by atoms with E-state index in [1.54, 1.807) is 42.5 Å². The van der Waals surface area contributed by atoms with Crippen LogP contribution in [0.25, 0.3) is 36.8 Å². The first-order valence-electron chi connectivity index (χ1n) is 40.5. The predicted octanol–water partition coefficient (Wildman–Crippen LogP) is 31.9. The summed E-state index contributed by atoms with van der Waals surface area (Å²) in [6, 6.07) is 98.7. The Balaban J connectivity index is 0.000000192. The van der Waals surface area contributed by atoms with Crippen molar-refractivity contribution in [2.24, 2.45) is 5.73 Å². The number of aromatic carboxylic acids is 1. The number of carbonyl (C=O) groups is 4. The van der Waals surface area contributed by atoms with E-state index < -0.39 is 24.2 Å². The maximum Gasteiger partial charge on any atom is 0.488 e. The van der Waals surface area contributed by atoms with Gasteiger partial charge in [0, 0.05) is 64.8 Å². The molecule has 0 saturated carbocycles. The third kappa shape index (κ3) is 24.8. The van der Waals surface area contributed by atoms with Crippen molar-refractivity contribution in [1.82, 2.24) is 0 Å². The van der Waals surface area contributed by atoms with E-state index in [-0.39, 0.29) is 47.4 Å². The number of carboxylic acid groups (broad SMARTS) is 1. The van der Waals surface area contributed by atoms with E-state index in [1.165, 1.54) is 68.3 Å². The van der Waals surface area contributed by atoms with Crippen LogP contribution in [0.2, 0.25) is 0 Å². The minimum atomic E-state index is -3.22. The van der Waals surface area contributed by atoms with E-state index >= 15 is 0 Å². The average molecular weight is 2410 g/mol. The van der Waals surface area contributed by atoms with Crippen LogP contribution in [-0.4, -0.2) is 47.0 Å². The van der Waals surface area contributed by atoms with Gasteiger partial charge in [0.1, 0.15) is 17.9 Å². The van der Waals surface area contributed by atoms with Gasteiger partial charge in [-0.05, 0) is 284 Å². The Hall–Kier alpha value is -11.6. The average Bonchev–Trinajstić information content (AvgIpc) is 0.734. The minimum absolute atomic E-state index is 0. The highest BCUT2D eigenvalue weighted by Crippen LogP contribution is 2.62. The van der Waals surface area contributed by atoms with Crippen LogP contribution >= 0.6 is 166 Å². The highest BCUT2D eigenvalue weighted by atomic mass is 79.9. The van der Waals surface area contributed by atoms with Gasteiger partial charge < -0.3 is 40.7 Å². The van der Waals surface area contributed by atoms with Gasteiger partial charge in [0.25, 0.3) is 6.47 Å². The number of nitriles is 3. The van der Waals surface area contributed by atoms with Gasteiger partial charge >= 0.3 is 18.3 Å². The van der Waals surface area contributed by atoms with Crippen molar-refractivity contribution in [3.63, 3.8) is 0 Å². The summed E-state index contributed by atoms with van der Waals surface area (Å²) in [5.41, 5.74) is 31.1. The Morgan fingerprint density at radius 1 is 0.460 bits per heavy atom. The summed E-state index contributed by atoms with van der Waals surface area (Å²) in [4.78, 5) is 57.1. The number of para-hydroxylation sites is 4. The smallest absolute Gasteiger partial charge is 0.478 e. The van der Waals surface area contributed by atoms with Gasteiger partial charge in [-0.3, -0.25) is 18.9 Å². The van der Waals surface area contributed by atoms with Crippen LogP contribution in [-0.2, 0) is 30.4 Å². The predicted molar refractivity (Wildman–Crippen MR) is 577 cm³/mol. The standard InChI is InChI=1S/C50H38N4.C22H21BO2.C8H6Br2N2O2.2C8H2Br2N2.C8H4Br2O4.CH4.Cl3OP/c1-49(2)40-14-6-10-18-45(40)53(46-19-11-7-15-41(46)49)36-26-22-33(23-27-36)38-31-44(52-5)39(30-35(38)32-51)34-24-28-37(29-25-34)54-47-20-12-8-16-42(47)50(3,4)43-17-9-13-21-48(43)54;1-22(2)19-9-5-3-7-17(19)21(18-8-4-6-10-20(18)22)15-11-13-16(14-12-15)23(24)25;9-5-2-7(12-3-13)6(10)1-4(5)8(11)14;2*1-12-8-3-6(9)5(4-11)2-7(8)10;9-5-2-7(14-3-11)6(10)1-4(5)8(12)13;;1-5(2,3)4/h6-31H,1-4H3;3-14,21,24-25H,1-2H3;1-3H,(H2,11,14)(H,12,13);2*2-3H;1-3H,(H,12,13);1H4;. The van der Waals surface area contributed by atoms with E-state index in [4.69, 9.17) is 41.1 Å². The molecule has 2 heterocycles. The number of nitrogens with zero attached hydrogens (tertiary/aromatic N) is 8. The number of rotatable bonds is 12. The lowest BCUT2D eigenvalue weighted by Crippen LogP contribution is -2.31. The Morgan fingerprint density at radius 3 is 1.19 bits per heavy atom. The zero-order valence-corrected chi connectivity index (χ0v) is 88.3. The number of fused-ring (bicyclic) bond motifs is 6. The minimum Gasteiger partial charge on any atom is -0.478 e. The maximum absolute atomic E-state index is 10.9. The second-order valence-electron chi connectivity index (χ2n) is 31.6. The van der Waals surface area contributed by atoms with Crippen molar-refractivity contribution in [2.45, 2.75) is 71.1 Å². The summed E-state index contributed by atoms with van der Waals surface area (Å²) in [6.07, 6.45) is 0.552. The summed E-state index contributed by atoms with van der Waals surface area (Å²) in [5.74, 6) is -1.17. The largest absolute Gasteiger partial charge is 0.488 e. The fraction of sp³-hybridized carbons (Fsp3) is 0.105. The fourth-order valence-electron chi connectivity index (χ4n) is 16.0. The number of halogens is 11. The van der Waals surface area contributed by atoms with Crippen LogP contribution in [0, 0.1) is 53.7 Å². The van der Waals surface area contributed by atoms with Crippen LogP contribution in [0.5, 0.6) is 5.75 Å². The number of hydrogen-bond donors (Lipinski definition) is 5. The SMILES string of the molecule is C.CC1(C)c2ccccc2C(c2ccc(B(O)O)cc2)c2ccccc21.NC(=O)c1cc(Br)c(NC=O)cc1Br.O=COc1cc(Br)c(C(=O)O)cc1Br.O=P(Cl)(Cl)Cl.[C-]#[N+]c1cc(-c2ccc(N3c4ccccc4C(C)(C)c4ccccc43)cc2)c(C#N)cc1-c1ccc(N2c3ccccc3C(C)(C)c3ccccc32)cc1.[C-]#[N+]c1cc(Br)c(C#N)cc1Br.[C-]#[N+]c1cc(Br)c(C#N)cc1Br. The number of nitrogens with one attached hydrogen (secondary N) is 1. The van der Waals surface area contributed by atoms with Crippen molar-refractivity contribution in [1.29, 1.82) is 15.8 Å². The topological polar surface area (TPSA) is 284 Å². The molecule has 0 bridgehead atoms. The number of ether oxygens (including phenoxy) is 1. The summed E-state index contributed by atoms with van der Waals surface area (Å²) >= 11 is 39.1. The summed E-state index contributed by atoms with van der Waals surface area (Å²) in [5, 5.41) is 54.4. The van der Waals surface area contributed by atoms with Gasteiger partial charge in [0.05, 0.1) is 86.5 Å². The molecule has 3 aliphatic rings. The highest BCUT2D eigenvalue weighted by molar-refractivity contribution is 9.12. The van der Waals surface area contributed by atoms with Crippen LogP contribution in [0.3, 0.4) is 0 Å². The van der Waals surface area contributed by atoms with Crippen LogP contribution < -0.4 is 31.0 Å². The first kappa shape index (κ1) is 107. The Kier molecular flexibility index (Phi) is 37.0. The van der Waals surface area contributed by atoms with E-state index in [2.05, 4.69) is 437 Å². The first-order chi connectivity index (χ1) is 64.7. The van der Waals surface area contributed by atoms with Crippen molar-refractivity contribution in [3.05, 3.63) is 427 Å². The second-order valence-corrected chi connectivity index (χ2v) is 45.1. The molecule has 14 aromatic carbocycles. The number of nitrogens with two attached hydrogens (primary N) is 1. The monoisotopic (exact) mass is 2400 g/mol. The maximum atomic E-state index is 10.9. The van der Waals surface area contributed by atoms with Crippen molar-refractivity contribution >= 4 is 261 Å². The molecule has 686 valence electrons. The molecule has 0 saturated heterocycles. The zero-order chi connectivity index (χ0) is 99.0. The summed E-state index contributed by atoms with van der Waals surface area (Å²) in [6.45, 7) is 35.8. The molecular formula is C105H77BBr8Cl3N10O9P. The lowest BCUT2D eigenvalue weighted by molar-refractivity contribution is -0.120. The molecule has 17 rings (SSSR count). The number of amides is 2. The van der Waals surface area contributed by atoms with Crippen LogP contribution in [0.1, 0.15) is 142 Å². The fourth-order valence-corrected chi connectivity index (χ4v) is 19.7. The molecule has 0 radical (unpaired) electrons. The lowest BCUT2D eigenvalue weighted by atomic mass is 9.64. The molecule has 0 spiro atoms. The molecule has 0 unspecified atom stereocenters. The van der Waals surface area contributed by atoms with Gasteiger partial charge in [-0.2, -0.15) is 15.8 Å². The molecule has 32 heteroatoms. The van der Waals surface area contributed by atoms with Gasteiger partial charge in [-0.15, -0.1) is 0 Å². The molecule has 2 amide bonds. The number of carboxylic acids is 1. The Labute approximate surface area is 876 Å². The summed E-state index contributed by atoms with van der Waals surface area (Å²) < 4.78 is 18.6. The normalized spacial score (nSPS) is 12.4. The van der Waals surface area contributed by atoms with Crippen LogP contribution in [0.15, 0.2) is 315 Å². The van der Waals surface area contributed by atoms with E-state index in [1.807, 2.05) is 36.4 Å². The number of hydrogen-bond acceptors (Lipinski definition) is 13. The van der Waals surface area contributed by atoms with E-state index in [9.17, 15) is 39.1 Å². The Bertz CT molecular complexity index is 6740. The number of anilines is 7. The van der Waals surface area contributed by atoms with Gasteiger partial charge in [-0.1, -0.05) is 283 Å². The first-order valence-corrected chi connectivity index (χ1v) is 51.3. The molecule has 0 atom stereocenters. The third-order valence-electron chi connectivity index (χ3n) is 22.5. The summed E-state index contributed by atoms with van der Waals surface area (Å²) in [7, 11) is -1.43. The Morgan fingerprint density at radius 2 is 0.825 bits per heavy atom. The van der Waals surface area contributed by atoms with Gasteiger partial charge in [0.15, 0.2) is 5.69 Å². The van der Waals surface area contributed by atoms with Crippen molar-refractivity contribution in [2.75, 3.05) is 15.1 Å². The molecule has 6 N–H and O–H groups in total. The molecule has 19 nitrogen and oxygen atoms in total. The van der Waals surface area contributed by atoms with Crippen LogP contribution in [0.4, 0.5) is 56.9 Å². The highest BCUT2D eigenvalue weighted by Gasteiger charge is 2.40. The van der Waals surface area contributed by atoms with Crippen molar-refractivity contribution < 1.29 is 43.6 Å². The molecule has 0 fully saturated rings. The van der Waals surface area contributed by atoms with Crippen molar-refractivity contribution in [3.8, 4) is 46.2 Å². The molecule has 137 heavy (non-hydrogen) atoms. The van der Waals surface area contributed by atoms with Gasteiger partial charge in [-0.25, -0.2) is 19.3 Å². The molecular weight excluding hydrogens is 2330 g/mol. The lowest BCUT2D eigenvalue weighted by Gasteiger charge is -2.42. The number of carbonyl (C=O) groups excluding carboxylic acids is 3. The van der Waals surface area contributed by atoms with E-state index in [0.717, 1.165) is 56.4 Å². The molecule has 2 aliphatic heterocycles. The molecule has 14 aromatic rings. The van der Waals surface area contributed by atoms with Gasteiger partial charge in [0.2, 0.25) is 23.7 Å². The zero-order valence-electron chi connectivity index (χ0n) is 72.4. The molecule has 1 aliphatic carbocycles. The molecule has 0 aromatic heterocycles. The second kappa shape index (κ2) is 47.2. The third-order valence-corrected chi connectivity index (χ3v) is 27.7. The number of primary amides is 1. The number of benzene rings is 14.